The Morgan fingerprint density at radius 2 is 2.05 bits per heavy atom. The first-order valence-corrected chi connectivity index (χ1v) is 6.37. The Labute approximate surface area is 116 Å². The van der Waals surface area contributed by atoms with Crippen LogP contribution in [0.2, 0.25) is 0 Å². The van der Waals surface area contributed by atoms with Gasteiger partial charge in [-0.3, -0.25) is 9.59 Å². The molecule has 2 heterocycles. The van der Waals surface area contributed by atoms with Crippen molar-refractivity contribution < 1.29 is 9.53 Å². The van der Waals surface area contributed by atoms with Crippen LogP contribution in [0.1, 0.15) is 10.4 Å². The molecule has 1 aromatic carbocycles. The van der Waals surface area contributed by atoms with E-state index in [4.69, 9.17) is 4.74 Å². The van der Waals surface area contributed by atoms with Gasteiger partial charge < -0.3 is 14.2 Å². The van der Waals surface area contributed by atoms with E-state index in [0.717, 1.165) is 5.69 Å². The van der Waals surface area contributed by atoms with Gasteiger partial charge in [0, 0.05) is 24.9 Å². The first kappa shape index (κ1) is 12.5. The van der Waals surface area contributed by atoms with E-state index in [1.54, 1.807) is 24.2 Å². The molecular formula is C15H14N2O3. The van der Waals surface area contributed by atoms with Crippen LogP contribution in [0.4, 0.5) is 5.69 Å². The maximum absolute atomic E-state index is 12.5. The lowest BCUT2D eigenvalue weighted by molar-refractivity contribution is 0.0976. The van der Waals surface area contributed by atoms with Gasteiger partial charge >= 0.3 is 0 Å². The maximum atomic E-state index is 12.5. The summed E-state index contributed by atoms with van der Waals surface area (Å²) in [6.07, 6.45) is 1.60. The highest BCUT2D eigenvalue weighted by Crippen LogP contribution is 2.31. The molecule has 0 saturated carbocycles. The summed E-state index contributed by atoms with van der Waals surface area (Å²) < 4.78 is 6.96. The third-order valence-electron chi connectivity index (χ3n) is 3.32. The van der Waals surface area contributed by atoms with Crippen molar-refractivity contribution in [1.29, 1.82) is 0 Å². The van der Waals surface area contributed by atoms with Gasteiger partial charge in [-0.15, -0.1) is 0 Å². The number of amides is 1. The first-order valence-electron chi connectivity index (χ1n) is 6.37. The number of fused-ring (bicyclic) bond motifs is 1. The van der Waals surface area contributed by atoms with Gasteiger partial charge in [0.05, 0.1) is 12.2 Å². The van der Waals surface area contributed by atoms with Gasteiger partial charge in [0.15, 0.2) is 0 Å². The summed E-state index contributed by atoms with van der Waals surface area (Å²) in [4.78, 5) is 25.8. The highest BCUT2D eigenvalue weighted by Gasteiger charge is 2.24. The number of aryl methyl sites for hydroxylation is 1. The van der Waals surface area contributed by atoms with E-state index in [-0.39, 0.29) is 11.5 Å². The second-order valence-corrected chi connectivity index (χ2v) is 4.64. The Morgan fingerprint density at radius 3 is 2.85 bits per heavy atom. The van der Waals surface area contributed by atoms with E-state index >= 15 is 0 Å². The van der Waals surface area contributed by atoms with Crippen molar-refractivity contribution in [3.05, 3.63) is 58.5 Å². The highest BCUT2D eigenvalue weighted by atomic mass is 16.5. The van der Waals surface area contributed by atoms with Crippen molar-refractivity contribution in [2.75, 3.05) is 18.1 Å². The Morgan fingerprint density at radius 1 is 1.25 bits per heavy atom. The molecule has 1 aliphatic heterocycles. The molecule has 20 heavy (non-hydrogen) atoms. The van der Waals surface area contributed by atoms with E-state index in [9.17, 15) is 9.59 Å². The van der Waals surface area contributed by atoms with Crippen LogP contribution in [0.5, 0.6) is 5.75 Å². The summed E-state index contributed by atoms with van der Waals surface area (Å²) in [6.45, 7) is 0.929. The minimum atomic E-state index is -0.197. The number of anilines is 1. The smallest absolute Gasteiger partial charge is 0.258 e. The van der Waals surface area contributed by atoms with Crippen LogP contribution in [0, 0.1) is 0 Å². The van der Waals surface area contributed by atoms with Gasteiger partial charge in [-0.2, -0.15) is 0 Å². The molecule has 2 aromatic rings. The lowest BCUT2D eigenvalue weighted by Crippen LogP contribution is -2.38. The van der Waals surface area contributed by atoms with Crippen LogP contribution in [0.3, 0.4) is 0 Å². The second-order valence-electron chi connectivity index (χ2n) is 4.64. The third-order valence-corrected chi connectivity index (χ3v) is 3.32. The maximum Gasteiger partial charge on any atom is 0.258 e. The number of carbonyl (C=O) groups is 1. The molecule has 1 amide bonds. The van der Waals surface area contributed by atoms with E-state index in [2.05, 4.69) is 0 Å². The van der Waals surface area contributed by atoms with Crippen LogP contribution in [0.15, 0.2) is 47.4 Å². The Kier molecular flexibility index (Phi) is 3.02. The summed E-state index contributed by atoms with van der Waals surface area (Å²) in [5.41, 5.74) is 0.937. The molecule has 0 saturated heterocycles. The first-order chi connectivity index (χ1) is 9.66. The van der Waals surface area contributed by atoms with Crippen LogP contribution >= 0.6 is 0 Å². The molecule has 0 unspecified atom stereocenters. The fraction of sp³-hybridized carbons (Fsp3) is 0.200. The Balaban J connectivity index is 1.99. The van der Waals surface area contributed by atoms with Crippen molar-refractivity contribution in [3.8, 4) is 5.75 Å². The average molecular weight is 270 g/mol. The predicted molar refractivity (Wildman–Crippen MR) is 75.3 cm³/mol. The Bertz CT molecular complexity index is 721. The van der Waals surface area contributed by atoms with Gasteiger partial charge in [0.2, 0.25) is 0 Å². The number of aromatic nitrogens is 1. The number of benzene rings is 1. The molecule has 0 aliphatic carbocycles. The molecule has 0 fully saturated rings. The van der Waals surface area contributed by atoms with Crippen molar-refractivity contribution in [2.24, 2.45) is 7.05 Å². The molecule has 102 valence electrons. The standard InChI is InChI=1S/C15H14N2O3/c1-16-7-6-11(10-14(16)18)15(19)17-8-9-20-13-5-3-2-4-12(13)17/h2-7,10H,8-9H2,1H3. The largest absolute Gasteiger partial charge is 0.490 e. The molecule has 0 N–H and O–H groups in total. The SMILES string of the molecule is Cn1ccc(C(=O)N2CCOc3ccccc32)cc1=O. The molecule has 0 atom stereocenters. The summed E-state index contributed by atoms with van der Waals surface area (Å²) in [7, 11) is 1.65. The second kappa shape index (κ2) is 4.85. The zero-order valence-corrected chi connectivity index (χ0v) is 11.1. The predicted octanol–water partition coefficient (Wildman–Crippen LogP) is 1.42. The Hall–Kier alpha value is -2.56. The lowest BCUT2D eigenvalue weighted by Gasteiger charge is -2.29. The number of carbonyl (C=O) groups excluding carboxylic acids is 1. The van der Waals surface area contributed by atoms with Crippen molar-refractivity contribution in [2.45, 2.75) is 0 Å². The molecule has 3 rings (SSSR count). The van der Waals surface area contributed by atoms with Gasteiger partial charge in [-0.05, 0) is 18.2 Å². The third kappa shape index (κ3) is 2.07. The highest BCUT2D eigenvalue weighted by molar-refractivity contribution is 6.07. The minimum Gasteiger partial charge on any atom is -0.490 e. The fourth-order valence-electron chi connectivity index (χ4n) is 2.22. The average Bonchev–Trinajstić information content (AvgIpc) is 2.49. The molecular weight excluding hydrogens is 256 g/mol. The number of nitrogens with zero attached hydrogens (tertiary/aromatic N) is 2. The van der Waals surface area contributed by atoms with Crippen LogP contribution in [0.25, 0.3) is 0 Å². The van der Waals surface area contributed by atoms with Crippen LogP contribution < -0.4 is 15.2 Å². The van der Waals surface area contributed by atoms with Crippen molar-refractivity contribution >= 4 is 11.6 Å². The van der Waals surface area contributed by atoms with Crippen LogP contribution in [-0.2, 0) is 7.05 Å². The van der Waals surface area contributed by atoms with E-state index in [1.165, 1.54) is 10.6 Å². The van der Waals surface area contributed by atoms with E-state index in [1.807, 2.05) is 24.3 Å². The van der Waals surface area contributed by atoms with Gasteiger partial charge in [-0.25, -0.2) is 0 Å². The molecule has 5 nitrogen and oxygen atoms in total. The number of ether oxygens (including phenoxy) is 1. The summed E-state index contributed by atoms with van der Waals surface area (Å²) in [6, 6.07) is 10.4. The van der Waals surface area contributed by atoms with Gasteiger partial charge in [0.25, 0.3) is 11.5 Å². The molecule has 0 spiro atoms. The lowest BCUT2D eigenvalue weighted by atomic mass is 10.2. The fourth-order valence-corrected chi connectivity index (χ4v) is 2.22. The molecule has 1 aliphatic rings. The minimum absolute atomic E-state index is 0.182. The van der Waals surface area contributed by atoms with Gasteiger partial charge in [-0.1, -0.05) is 12.1 Å². The van der Waals surface area contributed by atoms with Crippen molar-refractivity contribution in [1.82, 2.24) is 4.57 Å². The molecule has 0 bridgehead atoms. The number of hydrogen-bond acceptors (Lipinski definition) is 3. The summed E-state index contributed by atoms with van der Waals surface area (Å²) in [5, 5.41) is 0. The number of para-hydroxylation sites is 2. The number of pyridine rings is 1. The zero-order valence-electron chi connectivity index (χ0n) is 11.1. The van der Waals surface area contributed by atoms with Crippen molar-refractivity contribution in [3.63, 3.8) is 0 Å². The monoisotopic (exact) mass is 270 g/mol. The zero-order chi connectivity index (χ0) is 14.1. The summed E-state index contributed by atoms with van der Waals surface area (Å²) in [5.74, 6) is 0.509. The number of rotatable bonds is 1. The van der Waals surface area contributed by atoms with E-state index < -0.39 is 0 Å². The quantitative estimate of drug-likeness (QED) is 0.787. The number of hydrogen-bond donors (Lipinski definition) is 0. The summed E-state index contributed by atoms with van der Waals surface area (Å²) >= 11 is 0. The van der Waals surface area contributed by atoms with E-state index in [0.29, 0.717) is 24.5 Å². The molecule has 1 aromatic heterocycles. The topological polar surface area (TPSA) is 51.5 Å². The van der Waals surface area contributed by atoms with Gasteiger partial charge in [0.1, 0.15) is 12.4 Å². The molecule has 0 radical (unpaired) electrons. The normalized spacial score (nSPS) is 13.6. The molecule has 5 heteroatoms. The van der Waals surface area contributed by atoms with Crippen LogP contribution in [-0.4, -0.2) is 23.6 Å².